The van der Waals surface area contributed by atoms with E-state index in [-0.39, 0.29) is 31.7 Å². The van der Waals surface area contributed by atoms with E-state index in [0.29, 0.717) is 54.0 Å². The molecular formula is C44H55N5O8S. The van der Waals surface area contributed by atoms with E-state index in [2.05, 4.69) is 23.2 Å². The summed E-state index contributed by atoms with van der Waals surface area (Å²) in [4.78, 5) is 65.1. The zero-order valence-corrected chi connectivity index (χ0v) is 34.7. The van der Waals surface area contributed by atoms with Gasteiger partial charge in [0.25, 0.3) is 5.91 Å². The summed E-state index contributed by atoms with van der Waals surface area (Å²) in [5, 5.41) is 2.77. The van der Waals surface area contributed by atoms with Gasteiger partial charge in [0.15, 0.2) is 0 Å². The van der Waals surface area contributed by atoms with Crippen LogP contribution in [0.2, 0.25) is 0 Å². The van der Waals surface area contributed by atoms with E-state index in [4.69, 9.17) is 14.5 Å². The summed E-state index contributed by atoms with van der Waals surface area (Å²) in [6.45, 7) is 14.5. The van der Waals surface area contributed by atoms with Gasteiger partial charge in [-0.05, 0) is 49.7 Å². The molecule has 310 valence electrons. The van der Waals surface area contributed by atoms with E-state index in [9.17, 15) is 27.6 Å². The number of benzene rings is 2. The Morgan fingerprint density at radius 2 is 1.71 bits per heavy atom. The fourth-order valence-electron chi connectivity index (χ4n) is 7.76. The summed E-state index contributed by atoms with van der Waals surface area (Å²) in [5.74, 6) is -1.89. The predicted molar refractivity (Wildman–Crippen MR) is 222 cm³/mol. The molecule has 1 aliphatic carbocycles. The summed E-state index contributed by atoms with van der Waals surface area (Å²) in [7, 11) is -2.41. The Bertz CT molecular complexity index is 2160. The number of amides is 4. The molecular weight excluding hydrogens is 759 g/mol. The number of pyridine rings is 1. The van der Waals surface area contributed by atoms with Crippen LogP contribution < -0.4 is 19.5 Å². The zero-order chi connectivity index (χ0) is 41.8. The predicted octanol–water partition coefficient (Wildman–Crippen LogP) is 5.55. The lowest BCUT2D eigenvalue weighted by molar-refractivity contribution is -0.149. The van der Waals surface area contributed by atoms with Crippen molar-refractivity contribution < 1.29 is 37.1 Å². The minimum absolute atomic E-state index is 0.00709. The Morgan fingerprint density at radius 1 is 1.00 bits per heavy atom. The van der Waals surface area contributed by atoms with Crippen molar-refractivity contribution in [2.24, 2.45) is 11.3 Å². The Morgan fingerprint density at radius 3 is 2.33 bits per heavy atom. The van der Waals surface area contributed by atoms with E-state index in [1.807, 2.05) is 74.2 Å². The van der Waals surface area contributed by atoms with Crippen LogP contribution in [0.5, 0.6) is 11.5 Å². The second-order valence-corrected chi connectivity index (χ2v) is 18.6. The summed E-state index contributed by atoms with van der Waals surface area (Å²) >= 11 is 0. The molecule has 4 amide bonds. The molecule has 3 aliphatic rings. The van der Waals surface area contributed by atoms with Gasteiger partial charge in [-0.2, -0.15) is 0 Å². The number of fused-ring (bicyclic) bond motifs is 1. The first-order valence-electron chi connectivity index (χ1n) is 20.0. The van der Waals surface area contributed by atoms with Crippen molar-refractivity contribution in [3.05, 3.63) is 79.9 Å². The molecule has 1 aromatic heterocycles. The molecule has 58 heavy (non-hydrogen) atoms. The van der Waals surface area contributed by atoms with Crippen LogP contribution in [0.15, 0.2) is 79.9 Å². The number of carbonyl (C=O) groups is 4. The first-order chi connectivity index (χ1) is 27.6. The molecule has 0 bridgehead atoms. The van der Waals surface area contributed by atoms with Gasteiger partial charge in [-0.3, -0.25) is 23.9 Å². The Balaban J connectivity index is 1.36. The van der Waals surface area contributed by atoms with Crippen molar-refractivity contribution in [3.8, 4) is 22.8 Å². The van der Waals surface area contributed by atoms with Crippen LogP contribution in [0.4, 0.5) is 0 Å². The highest BCUT2D eigenvalue weighted by Crippen LogP contribution is 2.38. The number of likely N-dealkylation sites (tertiary alicyclic amines) is 2. The summed E-state index contributed by atoms with van der Waals surface area (Å²) in [5.41, 5.74) is -0.445. The van der Waals surface area contributed by atoms with Crippen LogP contribution in [-0.2, 0) is 29.2 Å². The quantitative estimate of drug-likeness (QED) is 0.187. The van der Waals surface area contributed by atoms with Gasteiger partial charge < -0.3 is 24.6 Å². The Labute approximate surface area is 341 Å². The monoisotopic (exact) mass is 813 g/mol. The summed E-state index contributed by atoms with van der Waals surface area (Å²) in [6.07, 6.45) is 5.41. The van der Waals surface area contributed by atoms with Gasteiger partial charge >= 0.3 is 0 Å². The molecule has 2 aliphatic heterocycles. The fourth-order valence-corrected chi connectivity index (χ4v) is 9.13. The average Bonchev–Trinajstić information content (AvgIpc) is 4.00. The maximum atomic E-state index is 14.9. The topological polar surface area (TPSA) is 164 Å². The Hall–Kier alpha value is -5.24. The first-order valence-corrected chi connectivity index (χ1v) is 21.6. The van der Waals surface area contributed by atoms with Crippen molar-refractivity contribution in [2.75, 3.05) is 26.7 Å². The molecule has 4 atom stereocenters. The smallest absolute Gasteiger partial charge is 0.263 e. The Kier molecular flexibility index (Phi) is 12.6. The van der Waals surface area contributed by atoms with Crippen molar-refractivity contribution in [2.45, 2.75) is 95.1 Å². The van der Waals surface area contributed by atoms with E-state index in [1.54, 1.807) is 13.2 Å². The maximum Gasteiger partial charge on any atom is 0.263 e. The number of methoxy groups -OCH3 is 1. The number of hydrogen-bond donors (Lipinski definition) is 2. The molecule has 2 aromatic carbocycles. The van der Waals surface area contributed by atoms with Gasteiger partial charge in [-0.1, -0.05) is 63.3 Å². The number of sulfonamides is 1. The van der Waals surface area contributed by atoms with Crippen molar-refractivity contribution >= 4 is 44.6 Å². The second-order valence-electron chi connectivity index (χ2n) is 16.6. The van der Waals surface area contributed by atoms with Gasteiger partial charge in [0.2, 0.25) is 27.7 Å². The van der Waals surface area contributed by atoms with E-state index < -0.39 is 62.0 Å². The summed E-state index contributed by atoms with van der Waals surface area (Å²) in [6, 6.07) is 15.7. The lowest BCUT2D eigenvalue weighted by Gasteiger charge is -2.37. The fraction of sp³-hybridized carbons (Fsp3) is 0.477. The molecule has 2 saturated heterocycles. The standard InChI is InChI=1S/C44H55N5O8S/c1-7-21-44(8-2,42(53)47-58(54,55)32-18-19-32)46-40(51)37-25-31(28-49(37)41(52)34(43(3,4)5)26-39(50)48-22-13-10-14-23-48)57-38-27-35(29-15-11-9-12-16-29)45-36-24-30(56-6)17-20-33(36)38/h7-9,11-12,15-17,20,24,27,31-32,34,37H,1-2,10,13-14,18-19,21-23,25-26,28H2,3-6H3,(H,46,51)(H,47,53)/t31?,34-,37+,44-/m1/s1. The van der Waals surface area contributed by atoms with Crippen LogP contribution in [0.3, 0.4) is 0 Å². The molecule has 1 unspecified atom stereocenters. The average molecular weight is 814 g/mol. The third-order valence-corrected chi connectivity index (χ3v) is 13.2. The van der Waals surface area contributed by atoms with Gasteiger partial charge in [0, 0.05) is 55.4 Å². The molecule has 13 nitrogen and oxygen atoms in total. The SMILES string of the molecule is C=CC[C@@](C=C)(NC(=O)[C@@H]1CC(Oc2cc(-c3ccccc3)nc3cc(OC)ccc23)CN1C(=O)[C@@H](CC(=O)N1CCCCC1)C(C)(C)C)C(=O)NS(=O)(=O)C1CC1. The third-order valence-electron chi connectivity index (χ3n) is 11.4. The molecule has 2 N–H and O–H groups in total. The summed E-state index contributed by atoms with van der Waals surface area (Å²) < 4.78 is 40.1. The van der Waals surface area contributed by atoms with Crippen LogP contribution in [0, 0.1) is 11.3 Å². The molecule has 14 heteroatoms. The van der Waals surface area contributed by atoms with Crippen molar-refractivity contribution in [1.29, 1.82) is 0 Å². The van der Waals surface area contributed by atoms with Crippen LogP contribution in [0.25, 0.3) is 22.2 Å². The molecule has 3 aromatic rings. The number of ether oxygens (including phenoxy) is 2. The largest absolute Gasteiger partial charge is 0.497 e. The van der Waals surface area contributed by atoms with Gasteiger partial charge in [-0.15, -0.1) is 13.2 Å². The molecule has 3 fully saturated rings. The molecule has 6 rings (SSSR count). The highest BCUT2D eigenvalue weighted by Gasteiger charge is 2.49. The molecule has 1 saturated carbocycles. The number of hydrogen-bond acceptors (Lipinski definition) is 9. The highest BCUT2D eigenvalue weighted by atomic mass is 32.2. The number of piperidine rings is 1. The third kappa shape index (κ3) is 9.38. The minimum atomic E-state index is -3.98. The number of carbonyl (C=O) groups excluding carboxylic acids is 4. The van der Waals surface area contributed by atoms with Crippen molar-refractivity contribution in [1.82, 2.24) is 24.8 Å². The molecule has 0 spiro atoms. The molecule has 3 heterocycles. The van der Waals surface area contributed by atoms with Crippen LogP contribution in [-0.4, -0.2) is 96.5 Å². The van der Waals surface area contributed by atoms with Gasteiger partial charge in [0.05, 0.1) is 36.0 Å². The number of nitrogens with one attached hydrogen (secondary N) is 2. The number of nitrogens with zero attached hydrogens (tertiary/aromatic N) is 3. The van der Waals surface area contributed by atoms with Crippen LogP contribution >= 0.6 is 0 Å². The molecule has 0 radical (unpaired) electrons. The van der Waals surface area contributed by atoms with E-state index in [0.717, 1.165) is 24.8 Å². The maximum absolute atomic E-state index is 14.9. The van der Waals surface area contributed by atoms with Crippen molar-refractivity contribution in [3.63, 3.8) is 0 Å². The first kappa shape index (κ1) is 42.4. The minimum Gasteiger partial charge on any atom is -0.497 e. The van der Waals surface area contributed by atoms with E-state index in [1.165, 1.54) is 17.1 Å². The zero-order valence-electron chi connectivity index (χ0n) is 33.9. The second kappa shape index (κ2) is 17.3. The lowest BCUT2D eigenvalue weighted by atomic mass is 9.77. The van der Waals surface area contributed by atoms with Gasteiger partial charge in [-0.25, -0.2) is 13.4 Å². The highest BCUT2D eigenvalue weighted by molar-refractivity contribution is 7.91. The number of rotatable bonds is 15. The number of aromatic nitrogens is 1. The lowest BCUT2D eigenvalue weighted by Crippen LogP contribution is -2.62. The normalized spacial score (nSPS) is 20.1. The van der Waals surface area contributed by atoms with Crippen LogP contribution in [0.1, 0.15) is 72.1 Å². The van der Waals surface area contributed by atoms with Gasteiger partial charge in [0.1, 0.15) is 29.2 Å². The van der Waals surface area contributed by atoms with E-state index >= 15 is 0 Å².